The van der Waals surface area contributed by atoms with Crippen LogP contribution in [0.15, 0.2) is 23.4 Å². The van der Waals surface area contributed by atoms with Gasteiger partial charge in [-0.05, 0) is 36.9 Å². The van der Waals surface area contributed by atoms with Gasteiger partial charge < -0.3 is 0 Å². The van der Waals surface area contributed by atoms with Crippen LogP contribution >= 0.6 is 0 Å². The molecule has 1 aromatic heterocycles. The first-order valence-corrected chi connectivity index (χ1v) is 4.25. The zero-order valence-electron chi connectivity index (χ0n) is 7.64. The van der Waals surface area contributed by atoms with E-state index in [0.29, 0.717) is 6.54 Å². The number of nitrogens with zero attached hydrogens (tertiary/aromatic N) is 4. The van der Waals surface area contributed by atoms with Crippen LogP contribution in [0.5, 0.6) is 0 Å². The average Bonchev–Trinajstić information content (AvgIpc) is 2.15. The monoisotopic (exact) mass is 176 g/mol. The molecule has 13 heavy (non-hydrogen) atoms. The van der Waals surface area contributed by atoms with Gasteiger partial charge in [0.25, 0.3) is 0 Å². The highest BCUT2D eigenvalue weighted by molar-refractivity contribution is 5.12. The summed E-state index contributed by atoms with van der Waals surface area (Å²) >= 11 is 0. The molecule has 4 heteroatoms. The molecule has 0 amide bonds. The fourth-order valence-corrected chi connectivity index (χ4v) is 1.02. The Labute approximate surface area is 77.2 Å². The van der Waals surface area contributed by atoms with Crippen LogP contribution in [0, 0.1) is 6.92 Å². The van der Waals surface area contributed by atoms with Crippen LogP contribution in [0.2, 0.25) is 0 Å². The Bertz CT molecular complexity index is 298. The Hall–Kier alpha value is -1.54. The van der Waals surface area contributed by atoms with Gasteiger partial charge in [0.15, 0.2) is 0 Å². The van der Waals surface area contributed by atoms with E-state index in [9.17, 15) is 0 Å². The molecule has 0 unspecified atom stereocenters. The fourth-order valence-electron chi connectivity index (χ4n) is 1.02. The van der Waals surface area contributed by atoms with E-state index in [1.807, 2.05) is 25.3 Å². The van der Waals surface area contributed by atoms with E-state index in [-0.39, 0.29) is 0 Å². The molecule has 0 aliphatic heterocycles. The highest BCUT2D eigenvalue weighted by atomic mass is 15.1. The second-order valence-corrected chi connectivity index (χ2v) is 2.88. The first-order valence-electron chi connectivity index (χ1n) is 4.25. The predicted octanol–water partition coefficient (Wildman–Crippen LogP) is 2.63. The Morgan fingerprint density at radius 1 is 1.54 bits per heavy atom. The quantitative estimate of drug-likeness (QED) is 0.301. The maximum Gasteiger partial charge on any atom is 0.0403 e. The molecule has 0 bridgehead atoms. The lowest BCUT2D eigenvalue weighted by Gasteiger charge is -1.98. The van der Waals surface area contributed by atoms with E-state index in [0.717, 1.165) is 18.5 Å². The molecule has 0 saturated heterocycles. The number of pyridine rings is 1. The van der Waals surface area contributed by atoms with Crippen LogP contribution in [-0.4, -0.2) is 11.5 Å². The molecule has 0 fully saturated rings. The molecule has 0 radical (unpaired) electrons. The molecule has 1 rings (SSSR count). The van der Waals surface area contributed by atoms with E-state index in [1.54, 1.807) is 0 Å². The van der Waals surface area contributed by atoms with Gasteiger partial charge in [0.05, 0.1) is 0 Å². The molecule has 1 aromatic rings. The second-order valence-electron chi connectivity index (χ2n) is 2.88. The fraction of sp³-hybridized carbons (Fsp3) is 0.444. The minimum atomic E-state index is 0.548. The molecule has 0 saturated carbocycles. The van der Waals surface area contributed by atoms with Gasteiger partial charge in [-0.1, -0.05) is 11.2 Å². The molecule has 1 heterocycles. The van der Waals surface area contributed by atoms with Crippen molar-refractivity contribution >= 4 is 0 Å². The summed E-state index contributed by atoms with van der Waals surface area (Å²) in [5, 5.41) is 3.46. The van der Waals surface area contributed by atoms with E-state index in [1.165, 1.54) is 5.56 Å². The lowest BCUT2D eigenvalue weighted by molar-refractivity contribution is 0.805. The summed E-state index contributed by atoms with van der Waals surface area (Å²) < 4.78 is 0. The number of azide groups is 1. The van der Waals surface area contributed by atoms with Gasteiger partial charge in [-0.2, -0.15) is 0 Å². The zero-order chi connectivity index (χ0) is 9.52. The van der Waals surface area contributed by atoms with Gasteiger partial charge in [0.1, 0.15) is 0 Å². The third-order valence-corrected chi connectivity index (χ3v) is 1.73. The van der Waals surface area contributed by atoms with Crippen LogP contribution in [0.25, 0.3) is 10.4 Å². The smallest absolute Gasteiger partial charge is 0.0403 e. The second kappa shape index (κ2) is 5.17. The summed E-state index contributed by atoms with van der Waals surface area (Å²) in [4.78, 5) is 6.93. The average molecular weight is 176 g/mol. The van der Waals surface area contributed by atoms with Gasteiger partial charge >= 0.3 is 0 Å². The zero-order valence-corrected chi connectivity index (χ0v) is 7.64. The van der Waals surface area contributed by atoms with E-state index >= 15 is 0 Å². The maximum atomic E-state index is 8.04. The van der Waals surface area contributed by atoms with Crippen molar-refractivity contribution in [2.45, 2.75) is 19.8 Å². The molecule has 0 aliphatic rings. The first kappa shape index (κ1) is 9.55. The molecular formula is C9H12N4. The summed E-state index contributed by atoms with van der Waals surface area (Å²) in [5.74, 6) is 0. The van der Waals surface area contributed by atoms with Gasteiger partial charge in [0.2, 0.25) is 0 Å². The minimum absolute atomic E-state index is 0.548. The van der Waals surface area contributed by atoms with Crippen molar-refractivity contribution in [1.29, 1.82) is 0 Å². The van der Waals surface area contributed by atoms with E-state index < -0.39 is 0 Å². The summed E-state index contributed by atoms with van der Waals surface area (Å²) in [6, 6.07) is 4.04. The summed E-state index contributed by atoms with van der Waals surface area (Å²) in [6.07, 6.45) is 3.59. The van der Waals surface area contributed by atoms with Gasteiger partial charge in [-0.15, -0.1) is 0 Å². The summed E-state index contributed by atoms with van der Waals surface area (Å²) in [7, 11) is 0. The highest BCUT2D eigenvalue weighted by Crippen LogP contribution is 2.01. The predicted molar refractivity (Wildman–Crippen MR) is 51.3 cm³/mol. The third kappa shape index (κ3) is 3.58. The van der Waals surface area contributed by atoms with E-state index in [2.05, 4.69) is 15.0 Å². The third-order valence-electron chi connectivity index (χ3n) is 1.73. The van der Waals surface area contributed by atoms with Crippen LogP contribution in [0.1, 0.15) is 17.7 Å². The van der Waals surface area contributed by atoms with Crippen molar-refractivity contribution in [2.24, 2.45) is 5.11 Å². The standard InChI is InChI=1S/C9H12N4/c1-8-4-5-9(11-7-8)3-2-6-12-13-10/h4-5,7H,2-3,6H2,1H3. The number of aromatic nitrogens is 1. The molecule has 0 aromatic carbocycles. The normalized spacial score (nSPS) is 9.31. The van der Waals surface area contributed by atoms with Crippen LogP contribution in [0.3, 0.4) is 0 Å². The molecule has 0 spiro atoms. The van der Waals surface area contributed by atoms with E-state index in [4.69, 9.17) is 5.53 Å². The van der Waals surface area contributed by atoms with Crippen molar-refractivity contribution in [3.05, 3.63) is 40.0 Å². The minimum Gasteiger partial charge on any atom is -0.261 e. The topological polar surface area (TPSA) is 61.7 Å². The van der Waals surface area contributed by atoms with Gasteiger partial charge in [0, 0.05) is 23.3 Å². The molecule has 0 aliphatic carbocycles. The number of hydrogen-bond donors (Lipinski definition) is 0. The molecule has 0 N–H and O–H groups in total. The van der Waals surface area contributed by atoms with Crippen molar-refractivity contribution in [1.82, 2.24) is 4.98 Å². The van der Waals surface area contributed by atoms with Crippen molar-refractivity contribution < 1.29 is 0 Å². The molecule has 0 atom stereocenters. The maximum absolute atomic E-state index is 8.04. The van der Waals surface area contributed by atoms with Crippen molar-refractivity contribution in [3.8, 4) is 0 Å². The van der Waals surface area contributed by atoms with Crippen molar-refractivity contribution in [2.75, 3.05) is 6.54 Å². The number of aryl methyl sites for hydroxylation is 2. The Balaban J connectivity index is 2.37. The molecule has 68 valence electrons. The van der Waals surface area contributed by atoms with Crippen LogP contribution in [-0.2, 0) is 6.42 Å². The Morgan fingerprint density at radius 2 is 2.38 bits per heavy atom. The van der Waals surface area contributed by atoms with Gasteiger partial charge in [-0.25, -0.2) is 0 Å². The Kier molecular flexibility index (Phi) is 3.79. The highest BCUT2D eigenvalue weighted by Gasteiger charge is 1.92. The number of rotatable bonds is 4. The summed E-state index contributed by atoms with van der Waals surface area (Å²) in [6.45, 7) is 2.56. The molecule has 4 nitrogen and oxygen atoms in total. The summed E-state index contributed by atoms with van der Waals surface area (Å²) in [5.41, 5.74) is 10.3. The largest absolute Gasteiger partial charge is 0.261 e. The first-order chi connectivity index (χ1) is 6.33. The van der Waals surface area contributed by atoms with Crippen LogP contribution in [0.4, 0.5) is 0 Å². The molecular weight excluding hydrogens is 164 g/mol. The number of hydrogen-bond acceptors (Lipinski definition) is 2. The van der Waals surface area contributed by atoms with Gasteiger partial charge in [-0.3, -0.25) is 4.98 Å². The lowest BCUT2D eigenvalue weighted by atomic mass is 10.2. The Morgan fingerprint density at radius 3 is 3.00 bits per heavy atom. The van der Waals surface area contributed by atoms with Crippen molar-refractivity contribution in [3.63, 3.8) is 0 Å². The SMILES string of the molecule is Cc1ccc(CCCN=[N+]=[N-])nc1. The van der Waals surface area contributed by atoms with Crippen LogP contribution < -0.4 is 0 Å². The lowest BCUT2D eigenvalue weighted by Crippen LogP contribution is -1.91.